The molecule has 5 heteroatoms. The van der Waals surface area contributed by atoms with Gasteiger partial charge in [0.05, 0.1) is 4.92 Å². The first-order valence-corrected chi connectivity index (χ1v) is 8.08. The van der Waals surface area contributed by atoms with Crippen LogP contribution in [0.4, 0.5) is 5.69 Å². The zero-order chi connectivity index (χ0) is 18.0. The van der Waals surface area contributed by atoms with Crippen molar-refractivity contribution in [3.05, 3.63) is 81.9 Å². The van der Waals surface area contributed by atoms with E-state index >= 15 is 0 Å². The van der Waals surface area contributed by atoms with Gasteiger partial charge in [-0.1, -0.05) is 35.0 Å². The van der Waals surface area contributed by atoms with E-state index < -0.39 is 4.92 Å². The van der Waals surface area contributed by atoms with Gasteiger partial charge < -0.3 is 0 Å². The number of rotatable bonds is 4. The Morgan fingerprint density at radius 3 is 2.28 bits per heavy atom. The molecule has 0 unspecified atom stereocenters. The van der Waals surface area contributed by atoms with Gasteiger partial charge in [0, 0.05) is 23.8 Å². The Bertz CT molecular complexity index is 892. The van der Waals surface area contributed by atoms with Crippen LogP contribution >= 0.6 is 0 Å². The molecule has 0 aromatic heterocycles. The van der Waals surface area contributed by atoms with Crippen molar-refractivity contribution in [2.75, 3.05) is 7.05 Å². The van der Waals surface area contributed by atoms with E-state index in [1.807, 2.05) is 42.1 Å². The van der Waals surface area contributed by atoms with E-state index in [0.29, 0.717) is 0 Å². The number of nitro benzene ring substituents is 1. The van der Waals surface area contributed by atoms with E-state index in [1.54, 1.807) is 12.1 Å². The minimum atomic E-state index is -0.393. The lowest BCUT2D eigenvalue weighted by molar-refractivity contribution is -0.499. The molecule has 0 bridgehead atoms. The molecular formula is C20H20N3O2+. The smallest absolute Gasteiger partial charge is 0.258 e. The Morgan fingerprint density at radius 2 is 1.68 bits per heavy atom. The number of benzene rings is 2. The monoisotopic (exact) mass is 334 g/mol. The zero-order valence-electron chi connectivity index (χ0n) is 14.5. The Balaban J connectivity index is 1.86. The van der Waals surface area contributed by atoms with Crippen LogP contribution < -0.4 is 0 Å². The van der Waals surface area contributed by atoms with E-state index in [4.69, 9.17) is 5.10 Å². The van der Waals surface area contributed by atoms with E-state index in [-0.39, 0.29) is 11.1 Å². The summed E-state index contributed by atoms with van der Waals surface area (Å²) in [6.45, 7) is 4.30. The molecule has 1 aliphatic heterocycles. The molecule has 0 N–H and O–H groups in total. The fraction of sp³-hybridized carbons (Fsp3) is 0.200. The predicted molar refractivity (Wildman–Crippen MR) is 100 cm³/mol. The van der Waals surface area contributed by atoms with Crippen LogP contribution in [0.2, 0.25) is 0 Å². The molecule has 0 radical (unpaired) electrons. The maximum absolute atomic E-state index is 10.7. The molecule has 0 atom stereocenters. The summed E-state index contributed by atoms with van der Waals surface area (Å²) >= 11 is 0. The Kier molecular flexibility index (Phi) is 4.31. The lowest BCUT2D eigenvalue weighted by Gasteiger charge is -2.16. The highest BCUT2D eigenvalue weighted by molar-refractivity contribution is 6.21. The van der Waals surface area contributed by atoms with Crippen LogP contribution in [-0.4, -0.2) is 28.1 Å². The van der Waals surface area contributed by atoms with Gasteiger partial charge in [-0.3, -0.25) is 10.1 Å². The van der Waals surface area contributed by atoms with E-state index in [0.717, 1.165) is 22.6 Å². The second-order valence-electron chi connectivity index (χ2n) is 6.53. The van der Waals surface area contributed by atoms with Gasteiger partial charge in [-0.2, -0.15) is 0 Å². The maximum Gasteiger partial charge on any atom is 0.269 e. The standard InChI is InChI=1S/C20H20N3O2/c1-20(2)18(14-11-15-9-12-17(13-10-15)23(24)25)22(3)21-19(20)16-7-5-4-6-8-16/h4-14H,1-3H3/q+1/b14-11+. The normalized spacial score (nSPS) is 16.4. The third-order valence-corrected chi connectivity index (χ3v) is 4.42. The molecule has 126 valence electrons. The molecule has 2 aromatic carbocycles. The quantitative estimate of drug-likeness (QED) is 0.479. The molecule has 0 amide bonds. The first kappa shape index (κ1) is 16.8. The van der Waals surface area contributed by atoms with Crippen molar-refractivity contribution in [3.63, 3.8) is 0 Å². The first-order chi connectivity index (χ1) is 11.9. The molecule has 25 heavy (non-hydrogen) atoms. The van der Waals surface area contributed by atoms with Crippen molar-refractivity contribution >= 4 is 23.2 Å². The van der Waals surface area contributed by atoms with Crippen LogP contribution in [-0.2, 0) is 0 Å². The molecule has 5 nitrogen and oxygen atoms in total. The SMILES string of the molecule is C[N+]1=C(/C=C/c2ccc([N+](=O)[O-])cc2)C(C)(C)C(c2ccccc2)=N1. The maximum atomic E-state index is 10.7. The summed E-state index contributed by atoms with van der Waals surface area (Å²) in [5.41, 5.74) is 3.99. The lowest BCUT2D eigenvalue weighted by atomic mass is 9.79. The van der Waals surface area contributed by atoms with Crippen molar-refractivity contribution in [1.29, 1.82) is 0 Å². The first-order valence-electron chi connectivity index (χ1n) is 8.08. The van der Waals surface area contributed by atoms with Crippen molar-refractivity contribution in [1.82, 2.24) is 0 Å². The molecule has 0 saturated heterocycles. The average Bonchev–Trinajstić information content (AvgIpc) is 2.83. The molecule has 0 aliphatic carbocycles. The van der Waals surface area contributed by atoms with E-state index in [9.17, 15) is 10.1 Å². The van der Waals surface area contributed by atoms with Gasteiger partial charge in [0.15, 0.2) is 7.05 Å². The zero-order valence-corrected chi connectivity index (χ0v) is 14.5. The average molecular weight is 334 g/mol. The van der Waals surface area contributed by atoms with E-state index in [2.05, 4.69) is 26.0 Å². The fourth-order valence-electron chi connectivity index (χ4n) is 3.07. The predicted octanol–water partition coefficient (Wildman–Crippen LogP) is 4.14. The highest BCUT2D eigenvalue weighted by atomic mass is 16.6. The third-order valence-electron chi connectivity index (χ3n) is 4.42. The van der Waals surface area contributed by atoms with Gasteiger partial charge in [-0.15, -0.1) is 0 Å². The van der Waals surface area contributed by atoms with Crippen LogP contribution in [0.5, 0.6) is 0 Å². The number of nitro groups is 1. The molecule has 1 aliphatic rings. The topological polar surface area (TPSA) is 58.5 Å². The minimum Gasteiger partial charge on any atom is -0.258 e. The molecule has 1 heterocycles. The molecule has 0 saturated carbocycles. The Morgan fingerprint density at radius 1 is 1.04 bits per heavy atom. The van der Waals surface area contributed by atoms with Crippen molar-refractivity contribution < 1.29 is 9.61 Å². The molecule has 0 spiro atoms. The van der Waals surface area contributed by atoms with Gasteiger partial charge >= 0.3 is 0 Å². The number of hydrogen-bond donors (Lipinski definition) is 0. The van der Waals surface area contributed by atoms with Gasteiger partial charge in [-0.25, -0.2) is 0 Å². The van der Waals surface area contributed by atoms with Gasteiger partial charge in [0.25, 0.3) is 5.69 Å². The number of nitrogens with zero attached hydrogens (tertiary/aromatic N) is 3. The summed E-state index contributed by atoms with van der Waals surface area (Å²) in [4.78, 5) is 10.3. The van der Waals surface area contributed by atoms with Crippen LogP contribution in [0.15, 0.2) is 65.8 Å². The number of hydrogen-bond acceptors (Lipinski definition) is 3. The number of allylic oxidation sites excluding steroid dienone is 1. The van der Waals surface area contributed by atoms with Crippen LogP contribution in [0.1, 0.15) is 25.0 Å². The number of non-ortho nitro benzene ring substituents is 1. The van der Waals surface area contributed by atoms with Crippen LogP contribution in [0.25, 0.3) is 6.08 Å². The second-order valence-corrected chi connectivity index (χ2v) is 6.53. The molecule has 3 rings (SSSR count). The summed E-state index contributed by atoms with van der Waals surface area (Å²) < 4.78 is 1.89. The summed E-state index contributed by atoms with van der Waals surface area (Å²) in [6, 6.07) is 16.7. The largest absolute Gasteiger partial charge is 0.269 e. The van der Waals surface area contributed by atoms with E-state index in [1.165, 1.54) is 12.1 Å². The molecule has 2 aromatic rings. The highest BCUT2D eigenvalue weighted by Crippen LogP contribution is 2.30. The van der Waals surface area contributed by atoms with Gasteiger partial charge in [0.2, 0.25) is 5.71 Å². The minimum absolute atomic E-state index is 0.0952. The van der Waals surface area contributed by atoms with Gasteiger partial charge in [-0.05, 0) is 42.7 Å². The lowest BCUT2D eigenvalue weighted by Crippen LogP contribution is -2.30. The Labute approximate surface area is 146 Å². The highest BCUT2D eigenvalue weighted by Gasteiger charge is 2.43. The van der Waals surface area contributed by atoms with Crippen molar-refractivity contribution in [3.8, 4) is 0 Å². The van der Waals surface area contributed by atoms with Gasteiger partial charge in [0.1, 0.15) is 11.1 Å². The summed E-state index contributed by atoms with van der Waals surface area (Å²) in [7, 11) is 1.94. The van der Waals surface area contributed by atoms with Crippen LogP contribution in [0.3, 0.4) is 0 Å². The molecular weight excluding hydrogens is 314 g/mol. The molecule has 0 fully saturated rings. The number of hydrazone groups is 1. The fourth-order valence-corrected chi connectivity index (χ4v) is 3.07. The third kappa shape index (κ3) is 3.26. The second kappa shape index (κ2) is 6.43. The van der Waals surface area contributed by atoms with Crippen molar-refractivity contribution in [2.45, 2.75) is 13.8 Å². The van der Waals surface area contributed by atoms with Crippen molar-refractivity contribution in [2.24, 2.45) is 10.5 Å². The van der Waals surface area contributed by atoms with Crippen LogP contribution in [0, 0.1) is 15.5 Å². The summed E-state index contributed by atoms with van der Waals surface area (Å²) in [6.07, 6.45) is 3.99. The summed E-state index contributed by atoms with van der Waals surface area (Å²) in [5.74, 6) is 0. The Hall–Kier alpha value is -3.08. The summed E-state index contributed by atoms with van der Waals surface area (Å²) in [5, 5.41) is 15.5.